The molecule has 1 aliphatic heterocycles. The van der Waals surface area contributed by atoms with E-state index in [1.165, 1.54) is 11.1 Å². The quantitative estimate of drug-likeness (QED) is 0.682. The molecule has 0 radical (unpaired) electrons. The van der Waals surface area contributed by atoms with Crippen molar-refractivity contribution in [2.24, 2.45) is 0 Å². The second kappa shape index (κ2) is 3.82. The molecule has 1 aromatic rings. The van der Waals surface area contributed by atoms with Gasteiger partial charge in [-0.3, -0.25) is 0 Å². The molecule has 1 unspecified atom stereocenters. The van der Waals surface area contributed by atoms with Gasteiger partial charge < -0.3 is 4.74 Å². The highest BCUT2D eigenvalue weighted by atomic mass is 16.6. The van der Waals surface area contributed by atoms with Gasteiger partial charge in [-0.25, -0.2) is 0 Å². The van der Waals surface area contributed by atoms with E-state index in [4.69, 9.17) is 4.74 Å². The highest BCUT2D eigenvalue weighted by Crippen LogP contribution is 2.35. The molecule has 0 bridgehead atoms. The molecule has 1 aromatic carbocycles. The topological polar surface area (TPSA) is 12.5 Å². The average Bonchev–Trinajstić information content (AvgIpc) is 3.01. The average molecular weight is 202 g/mol. The Kier molecular flexibility index (Phi) is 2.66. The molecular weight excluding hydrogens is 184 g/mol. The van der Waals surface area contributed by atoms with Crippen molar-refractivity contribution >= 4 is 6.08 Å². The largest absolute Gasteiger partial charge is 0.373 e. The molecule has 1 heteroatoms. The Hall–Kier alpha value is -1.08. The van der Waals surface area contributed by atoms with E-state index in [1.807, 2.05) is 6.08 Å². The van der Waals surface area contributed by atoms with Crippen LogP contribution in [0.2, 0.25) is 0 Å². The lowest BCUT2D eigenvalue weighted by molar-refractivity contribution is 0.345. The van der Waals surface area contributed by atoms with Gasteiger partial charge in [-0.2, -0.15) is 0 Å². The number of epoxide rings is 1. The van der Waals surface area contributed by atoms with Crippen molar-refractivity contribution in [1.29, 1.82) is 0 Å². The van der Waals surface area contributed by atoms with Gasteiger partial charge in [0.25, 0.3) is 0 Å². The van der Waals surface area contributed by atoms with Crippen LogP contribution in [0.3, 0.4) is 0 Å². The van der Waals surface area contributed by atoms with Gasteiger partial charge in [-0.15, -0.1) is 0 Å². The smallest absolute Gasteiger partial charge is 0.0818 e. The summed E-state index contributed by atoms with van der Waals surface area (Å²) in [6.07, 6.45) is 3.50. The van der Waals surface area contributed by atoms with Gasteiger partial charge in [-0.05, 0) is 23.0 Å². The standard InChI is InChI=1S/C14H18O/c1-4-11-7-5-6-8-13(11)14(2,3)9-12-10-15-12/h4-8,12H,1,9-10H2,2-3H3. The first-order valence-corrected chi connectivity index (χ1v) is 5.47. The number of rotatable bonds is 4. The van der Waals surface area contributed by atoms with Crippen LogP contribution in [-0.2, 0) is 10.2 Å². The van der Waals surface area contributed by atoms with E-state index in [9.17, 15) is 0 Å². The monoisotopic (exact) mass is 202 g/mol. The van der Waals surface area contributed by atoms with E-state index < -0.39 is 0 Å². The summed E-state index contributed by atoms with van der Waals surface area (Å²) >= 11 is 0. The minimum absolute atomic E-state index is 0.173. The summed E-state index contributed by atoms with van der Waals surface area (Å²) in [5.41, 5.74) is 2.78. The molecule has 1 fully saturated rings. The summed E-state index contributed by atoms with van der Waals surface area (Å²) in [5, 5.41) is 0. The molecule has 2 rings (SSSR count). The third-order valence-corrected chi connectivity index (χ3v) is 3.05. The van der Waals surface area contributed by atoms with Gasteiger partial charge in [0.1, 0.15) is 0 Å². The molecule has 1 aliphatic rings. The number of hydrogen-bond acceptors (Lipinski definition) is 1. The van der Waals surface area contributed by atoms with Crippen LogP contribution in [0, 0.1) is 0 Å². The van der Waals surface area contributed by atoms with Crippen molar-refractivity contribution in [3.05, 3.63) is 42.0 Å². The second-order valence-corrected chi connectivity index (χ2v) is 4.83. The minimum atomic E-state index is 0.173. The molecule has 0 aliphatic carbocycles. The fraction of sp³-hybridized carbons (Fsp3) is 0.429. The maximum Gasteiger partial charge on any atom is 0.0818 e. The molecule has 1 heterocycles. The third kappa shape index (κ3) is 2.29. The molecule has 0 spiro atoms. The van der Waals surface area contributed by atoms with Crippen LogP contribution in [-0.4, -0.2) is 12.7 Å². The normalized spacial score (nSPS) is 20.0. The van der Waals surface area contributed by atoms with E-state index in [0.717, 1.165) is 13.0 Å². The maximum absolute atomic E-state index is 5.31. The molecule has 80 valence electrons. The van der Waals surface area contributed by atoms with Gasteiger partial charge in [0, 0.05) is 0 Å². The van der Waals surface area contributed by atoms with Gasteiger partial charge >= 0.3 is 0 Å². The SMILES string of the molecule is C=Cc1ccccc1C(C)(C)CC1CO1. The Morgan fingerprint density at radius 3 is 2.73 bits per heavy atom. The van der Waals surface area contributed by atoms with Crippen LogP contribution in [0.4, 0.5) is 0 Å². The van der Waals surface area contributed by atoms with Crippen LogP contribution in [0.5, 0.6) is 0 Å². The summed E-state index contributed by atoms with van der Waals surface area (Å²) in [7, 11) is 0. The van der Waals surface area contributed by atoms with Crippen LogP contribution < -0.4 is 0 Å². The van der Waals surface area contributed by atoms with Gasteiger partial charge in [0.2, 0.25) is 0 Å². The molecule has 0 aromatic heterocycles. The first-order valence-electron chi connectivity index (χ1n) is 5.47. The van der Waals surface area contributed by atoms with Crippen LogP contribution in [0.15, 0.2) is 30.8 Å². The summed E-state index contributed by atoms with van der Waals surface area (Å²) in [6.45, 7) is 9.35. The molecule has 1 atom stereocenters. The van der Waals surface area contributed by atoms with Crippen molar-refractivity contribution in [1.82, 2.24) is 0 Å². The Morgan fingerprint density at radius 2 is 2.13 bits per heavy atom. The molecule has 1 saturated heterocycles. The first kappa shape index (κ1) is 10.4. The van der Waals surface area contributed by atoms with E-state index >= 15 is 0 Å². The lowest BCUT2D eigenvalue weighted by Gasteiger charge is -2.26. The Morgan fingerprint density at radius 1 is 1.47 bits per heavy atom. The Balaban J connectivity index is 2.28. The third-order valence-electron chi connectivity index (χ3n) is 3.05. The molecule has 1 nitrogen and oxygen atoms in total. The molecule has 0 N–H and O–H groups in total. The number of ether oxygens (including phenoxy) is 1. The van der Waals surface area contributed by atoms with Crippen molar-refractivity contribution in [2.45, 2.75) is 31.8 Å². The van der Waals surface area contributed by atoms with Crippen LogP contribution in [0.1, 0.15) is 31.4 Å². The van der Waals surface area contributed by atoms with Crippen molar-refractivity contribution in [3.63, 3.8) is 0 Å². The van der Waals surface area contributed by atoms with E-state index in [0.29, 0.717) is 6.10 Å². The highest BCUT2D eigenvalue weighted by Gasteiger charge is 2.33. The molecule has 0 amide bonds. The Bertz CT molecular complexity index is 361. The van der Waals surface area contributed by atoms with Gasteiger partial charge in [0.15, 0.2) is 0 Å². The molecule has 0 saturated carbocycles. The van der Waals surface area contributed by atoms with Crippen molar-refractivity contribution in [2.75, 3.05) is 6.61 Å². The fourth-order valence-electron chi connectivity index (χ4n) is 2.16. The maximum atomic E-state index is 5.31. The summed E-state index contributed by atoms with van der Waals surface area (Å²) in [6, 6.07) is 8.47. The number of benzene rings is 1. The van der Waals surface area contributed by atoms with Gasteiger partial charge in [0.05, 0.1) is 12.7 Å². The zero-order chi connectivity index (χ0) is 10.9. The zero-order valence-electron chi connectivity index (χ0n) is 9.49. The summed E-state index contributed by atoms with van der Waals surface area (Å²) in [5.74, 6) is 0. The lowest BCUT2D eigenvalue weighted by atomic mass is 9.78. The fourth-order valence-corrected chi connectivity index (χ4v) is 2.16. The second-order valence-electron chi connectivity index (χ2n) is 4.83. The van der Waals surface area contributed by atoms with Crippen LogP contribution in [0.25, 0.3) is 6.08 Å². The minimum Gasteiger partial charge on any atom is -0.373 e. The molecular formula is C14H18O. The summed E-state index contributed by atoms with van der Waals surface area (Å²) < 4.78 is 5.31. The zero-order valence-corrected chi connectivity index (χ0v) is 9.49. The van der Waals surface area contributed by atoms with Gasteiger partial charge in [-0.1, -0.05) is 50.8 Å². The van der Waals surface area contributed by atoms with Crippen LogP contribution >= 0.6 is 0 Å². The number of hydrogen-bond donors (Lipinski definition) is 0. The predicted molar refractivity (Wildman–Crippen MR) is 63.9 cm³/mol. The molecule has 15 heavy (non-hydrogen) atoms. The highest BCUT2D eigenvalue weighted by molar-refractivity contribution is 5.54. The predicted octanol–water partition coefficient (Wildman–Crippen LogP) is 3.40. The lowest BCUT2D eigenvalue weighted by Crippen LogP contribution is -2.20. The first-order chi connectivity index (χ1) is 7.13. The Labute approximate surface area is 91.8 Å². The van der Waals surface area contributed by atoms with Crippen molar-refractivity contribution in [3.8, 4) is 0 Å². The van der Waals surface area contributed by atoms with E-state index in [2.05, 4.69) is 44.7 Å². The van der Waals surface area contributed by atoms with E-state index in [1.54, 1.807) is 0 Å². The van der Waals surface area contributed by atoms with Crippen molar-refractivity contribution < 1.29 is 4.74 Å². The van der Waals surface area contributed by atoms with E-state index in [-0.39, 0.29) is 5.41 Å². The summed E-state index contributed by atoms with van der Waals surface area (Å²) in [4.78, 5) is 0.